The molecule has 1 heterocycles. The smallest absolute Gasteiger partial charge is 0.334 e. The number of nitrogens with one attached hydrogen (secondary N) is 1. The van der Waals surface area contributed by atoms with Gasteiger partial charge in [0.15, 0.2) is 0 Å². The van der Waals surface area contributed by atoms with E-state index >= 15 is 0 Å². The Hall–Kier alpha value is -2.54. The lowest BCUT2D eigenvalue weighted by molar-refractivity contribution is -0.133. The Labute approximate surface area is 137 Å². The molecule has 2 N–H and O–H groups in total. The Bertz CT molecular complexity index is 706. The minimum Gasteiger partial charge on any atom is -0.478 e. The molecule has 1 unspecified atom stereocenters. The lowest BCUT2D eigenvalue weighted by Crippen LogP contribution is -2.28. The highest BCUT2D eigenvalue weighted by atomic mass is 16.4. The van der Waals surface area contributed by atoms with E-state index in [2.05, 4.69) is 18.3 Å². The van der Waals surface area contributed by atoms with Crippen LogP contribution in [-0.4, -0.2) is 11.1 Å². The summed E-state index contributed by atoms with van der Waals surface area (Å²) in [5.41, 5.74) is 4.19. The third kappa shape index (κ3) is 3.45. The number of allylic oxidation sites excluding steroid dienone is 3. The number of aryl methyl sites for hydroxylation is 1. The predicted molar refractivity (Wildman–Crippen MR) is 89.6 cm³/mol. The maximum absolute atomic E-state index is 11.8. The van der Waals surface area contributed by atoms with Crippen LogP contribution in [0.1, 0.15) is 50.2 Å². The summed E-state index contributed by atoms with van der Waals surface area (Å²) in [5, 5.41) is 22.5. The molecule has 120 valence electrons. The van der Waals surface area contributed by atoms with Crippen molar-refractivity contribution in [3.8, 4) is 6.07 Å². The van der Waals surface area contributed by atoms with E-state index in [1.165, 1.54) is 0 Å². The molecule has 23 heavy (non-hydrogen) atoms. The monoisotopic (exact) mass is 310 g/mol. The highest BCUT2D eigenvalue weighted by Crippen LogP contribution is 2.38. The number of unbranched alkanes of at least 4 members (excludes halogenated alkanes) is 1. The first-order valence-electron chi connectivity index (χ1n) is 7.90. The number of rotatable bonds is 5. The van der Waals surface area contributed by atoms with Crippen LogP contribution in [0.3, 0.4) is 0 Å². The molecule has 4 nitrogen and oxygen atoms in total. The van der Waals surface area contributed by atoms with Crippen LogP contribution in [0.5, 0.6) is 0 Å². The van der Waals surface area contributed by atoms with Crippen molar-refractivity contribution in [1.82, 2.24) is 5.32 Å². The van der Waals surface area contributed by atoms with Crippen LogP contribution >= 0.6 is 0 Å². The van der Waals surface area contributed by atoms with Gasteiger partial charge in [0.2, 0.25) is 0 Å². The van der Waals surface area contributed by atoms with Crippen LogP contribution in [0.15, 0.2) is 46.8 Å². The molecule has 1 aliphatic heterocycles. The number of nitrogens with zero attached hydrogens (tertiary/aromatic N) is 1. The highest BCUT2D eigenvalue weighted by molar-refractivity contribution is 5.91. The summed E-state index contributed by atoms with van der Waals surface area (Å²) < 4.78 is 0. The normalized spacial score (nSPS) is 17.7. The van der Waals surface area contributed by atoms with E-state index in [9.17, 15) is 15.2 Å². The first kappa shape index (κ1) is 16.8. The second kappa shape index (κ2) is 7.15. The van der Waals surface area contributed by atoms with E-state index in [0.717, 1.165) is 36.1 Å². The van der Waals surface area contributed by atoms with Crippen LogP contribution in [-0.2, 0) is 4.79 Å². The fraction of sp³-hybridized carbons (Fsp3) is 0.368. The fourth-order valence-electron chi connectivity index (χ4n) is 2.95. The Morgan fingerprint density at radius 3 is 2.48 bits per heavy atom. The van der Waals surface area contributed by atoms with Gasteiger partial charge in [-0.15, -0.1) is 0 Å². The van der Waals surface area contributed by atoms with Crippen LogP contribution in [0.4, 0.5) is 0 Å². The Morgan fingerprint density at radius 1 is 1.30 bits per heavy atom. The molecule has 1 aromatic carbocycles. The van der Waals surface area contributed by atoms with E-state index in [1.807, 2.05) is 31.2 Å². The number of benzene rings is 1. The maximum atomic E-state index is 11.8. The van der Waals surface area contributed by atoms with Gasteiger partial charge in [-0.1, -0.05) is 43.2 Å². The quantitative estimate of drug-likeness (QED) is 0.862. The summed E-state index contributed by atoms with van der Waals surface area (Å²) in [7, 11) is 0. The summed E-state index contributed by atoms with van der Waals surface area (Å²) in [4.78, 5) is 11.8. The van der Waals surface area contributed by atoms with Crippen LogP contribution < -0.4 is 5.32 Å². The number of dihydropyridines is 1. The van der Waals surface area contributed by atoms with Crippen LogP contribution in [0.2, 0.25) is 0 Å². The molecule has 0 bridgehead atoms. The van der Waals surface area contributed by atoms with Gasteiger partial charge < -0.3 is 10.4 Å². The molecule has 1 atom stereocenters. The number of aliphatic carboxylic acids is 1. The van der Waals surface area contributed by atoms with Crippen molar-refractivity contribution in [3.63, 3.8) is 0 Å². The van der Waals surface area contributed by atoms with Gasteiger partial charge >= 0.3 is 5.97 Å². The average Bonchev–Trinajstić information content (AvgIpc) is 2.52. The zero-order valence-corrected chi connectivity index (χ0v) is 13.8. The molecule has 0 aliphatic carbocycles. The van der Waals surface area contributed by atoms with Crippen molar-refractivity contribution in [2.24, 2.45) is 0 Å². The molecule has 0 saturated carbocycles. The number of nitriles is 1. The van der Waals surface area contributed by atoms with E-state index in [1.54, 1.807) is 6.92 Å². The minimum absolute atomic E-state index is 0.255. The molecule has 0 aromatic heterocycles. The SMILES string of the molecule is CCCCC1=C(C#N)C(c2ccc(C)cc2)C(C(=O)O)=C(C)N1. The highest BCUT2D eigenvalue weighted by Gasteiger charge is 2.33. The summed E-state index contributed by atoms with van der Waals surface area (Å²) >= 11 is 0. The summed E-state index contributed by atoms with van der Waals surface area (Å²) in [6.07, 6.45) is 2.74. The van der Waals surface area contributed by atoms with Gasteiger partial charge in [0.05, 0.1) is 23.1 Å². The standard InChI is InChI=1S/C19H22N2O2/c1-4-5-6-16-15(11-20)18(14-9-7-12(2)8-10-14)17(19(22)23)13(3)21-16/h7-10,18,21H,4-6H2,1-3H3,(H,22,23). The van der Waals surface area contributed by atoms with Gasteiger partial charge in [-0.05, 0) is 32.3 Å². The average molecular weight is 310 g/mol. The lowest BCUT2D eigenvalue weighted by Gasteiger charge is -2.29. The third-order valence-electron chi connectivity index (χ3n) is 4.19. The van der Waals surface area contributed by atoms with Gasteiger partial charge in [-0.2, -0.15) is 5.26 Å². The molecule has 0 spiro atoms. The predicted octanol–water partition coefficient (Wildman–Crippen LogP) is 4.01. The number of carboxylic acid groups (broad SMARTS) is 1. The van der Waals surface area contributed by atoms with E-state index in [-0.39, 0.29) is 5.57 Å². The molecule has 1 aliphatic rings. The zero-order chi connectivity index (χ0) is 17.0. The van der Waals surface area contributed by atoms with Gasteiger partial charge in [0.1, 0.15) is 0 Å². The van der Waals surface area contributed by atoms with Crippen molar-refractivity contribution >= 4 is 5.97 Å². The van der Waals surface area contributed by atoms with Gasteiger partial charge in [-0.3, -0.25) is 0 Å². The second-order valence-corrected chi connectivity index (χ2v) is 5.92. The lowest BCUT2D eigenvalue weighted by atomic mass is 9.80. The van der Waals surface area contributed by atoms with E-state index < -0.39 is 11.9 Å². The Balaban J connectivity index is 2.58. The summed E-state index contributed by atoms with van der Waals surface area (Å²) in [6.45, 7) is 5.85. The number of hydrogen-bond acceptors (Lipinski definition) is 3. The molecule has 0 fully saturated rings. The van der Waals surface area contributed by atoms with Crippen molar-refractivity contribution < 1.29 is 9.90 Å². The topological polar surface area (TPSA) is 73.1 Å². The van der Waals surface area contributed by atoms with Crippen LogP contribution in [0.25, 0.3) is 0 Å². The van der Waals surface area contributed by atoms with Crippen molar-refractivity contribution in [2.75, 3.05) is 0 Å². The molecular formula is C19H22N2O2. The first-order chi connectivity index (χ1) is 11.0. The second-order valence-electron chi connectivity index (χ2n) is 5.92. The minimum atomic E-state index is -0.983. The summed E-state index contributed by atoms with van der Waals surface area (Å²) in [5.74, 6) is -1.49. The van der Waals surface area contributed by atoms with E-state index in [0.29, 0.717) is 11.3 Å². The molecule has 2 rings (SSSR count). The number of carboxylic acids is 1. The van der Waals surface area contributed by atoms with Gasteiger partial charge in [0.25, 0.3) is 0 Å². The summed E-state index contributed by atoms with van der Waals surface area (Å²) in [6, 6.07) is 9.98. The first-order valence-corrected chi connectivity index (χ1v) is 7.90. The molecule has 0 amide bonds. The molecule has 0 radical (unpaired) electrons. The molecule has 4 heteroatoms. The Kier molecular flexibility index (Phi) is 5.23. The largest absolute Gasteiger partial charge is 0.478 e. The maximum Gasteiger partial charge on any atom is 0.334 e. The number of hydrogen-bond donors (Lipinski definition) is 2. The van der Waals surface area contributed by atoms with E-state index in [4.69, 9.17) is 0 Å². The third-order valence-corrected chi connectivity index (χ3v) is 4.19. The fourth-order valence-corrected chi connectivity index (χ4v) is 2.95. The van der Waals surface area contributed by atoms with Crippen molar-refractivity contribution in [2.45, 2.75) is 46.0 Å². The van der Waals surface area contributed by atoms with Crippen molar-refractivity contribution in [1.29, 1.82) is 5.26 Å². The zero-order valence-electron chi connectivity index (χ0n) is 13.8. The Morgan fingerprint density at radius 2 is 1.96 bits per heavy atom. The molecule has 1 aromatic rings. The number of carbonyl (C=O) groups is 1. The molecule has 0 saturated heterocycles. The van der Waals surface area contributed by atoms with Gasteiger partial charge in [0, 0.05) is 11.4 Å². The van der Waals surface area contributed by atoms with Crippen LogP contribution in [0, 0.1) is 18.3 Å². The van der Waals surface area contributed by atoms with Gasteiger partial charge in [-0.25, -0.2) is 4.79 Å². The molecular weight excluding hydrogens is 288 g/mol. The van der Waals surface area contributed by atoms with Crippen molar-refractivity contribution in [3.05, 3.63) is 57.9 Å².